The van der Waals surface area contributed by atoms with Gasteiger partial charge in [0, 0.05) is 51.1 Å². The molecule has 0 fully saturated rings. The van der Waals surface area contributed by atoms with E-state index in [-0.39, 0.29) is 16.2 Å². The van der Waals surface area contributed by atoms with Crippen LogP contribution in [-0.4, -0.2) is 22.2 Å². The van der Waals surface area contributed by atoms with Crippen molar-refractivity contribution in [2.75, 3.05) is 4.90 Å². The summed E-state index contributed by atoms with van der Waals surface area (Å²) in [5, 5.41) is 11.2. The lowest BCUT2D eigenvalue weighted by atomic mass is 9.84. The Labute approximate surface area is 443 Å². The van der Waals surface area contributed by atoms with Gasteiger partial charge in [0.15, 0.2) is 0 Å². The largest absolute Gasteiger partial charge is 0.457 e. The molecule has 0 N–H and O–H groups in total. The maximum atomic E-state index is 6.95. The zero-order valence-electron chi connectivity index (χ0n) is 45.7. The van der Waals surface area contributed by atoms with Gasteiger partial charge in [-0.1, -0.05) is 196 Å². The van der Waals surface area contributed by atoms with Crippen molar-refractivity contribution in [2.24, 2.45) is 0 Å². The van der Waals surface area contributed by atoms with Crippen molar-refractivity contribution in [2.45, 2.75) is 105 Å². The first-order valence-electron chi connectivity index (χ1n) is 26.7. The van der Waals surface area contributed by atoms with E-state index < -0.39 is 8.07 Å². The highest BCUT2D eigenvalue weighted by atomic mass is 28.3. The van der Waals surface area contributed by atoms with Crippen LogP contribution in [0, 0.1) is 0 Å². The van der Waals surface area contributed by atoms with Crippen LogP contribution < -0.4 is 14.8 Å². The van der Waals surface area contributed by atoms with Crippen molar-refractivity contribution in [3.05, 3.63) is 199 Å². The molecule has 0 spiro atoms. The average Bonchev–Trinajstić information content (AvgIpc) is 3.96. The van der Waals surface area contributed by atoms with Gasteiger partial charge in [0.1, 0.15) is 24.0 Å². The minimum atomic E-state index is -1.75. The summed E-state index contributed by atoms with van der Waals surface area (Å²) in [5.74, 6) is 2.43. The van der Waals surface area contributed by atoms with Crippen LogP contribution in [0.1, 0.15) is 79.0 Å². The van der Waals surface area contributed by atoms with E-state index in [1.54, 1.807) is 0 Å². The molecule has 0 atom stereocenters. The van der Waals surface area contributed by atoms with Crippen LogP contribution in [-0.2, 0) is 22.9 Å². The van der Waals surface area contributed by atoms with E-state index in [0.717, 1.165) is 45.1 Å². The smallest absolute Gasteiger partial charge is 0.137 e. The molecular formula is C69H68N4OSi. The van der Waals surface area contributed by atoms with Crippen LogP contribution in [0.2, 0.25) is 19.6 Å². The van der Waals surface area contributed by atoms with Crippen LogP contribution >= 0.6 is 0 Å². The van der Waals surface area contributed by atoms with Gasteiger partial charge in [0.2, 0.25) is 0 Å². The topological polar surface area (TPSA) is 35.2 Å². The normalized spacial score (nSPS) is 13.3. The van der Waals surface area contributed by atoms with Crippen LogP contribution in [0.15, 0.2) is 182 Å². The fourth-order valence-corrected chi connectivity index (χ4v) is 12.6. The number of benzene rings is 8. The second kappa shape index (κ2) is 17.5. The Morgan fingerprint density at radius 1 is 0.453 bits per heavy atom. The number of aromatic nitrogens is 3. The number of anilines is 2. The maximum Gasteiger partial charge on any atom is 0.137 e. The molecule has 1 aliphatic rings. The monoisotopic (exact) mass is 997 g/mol. The Bertz CT molecular complexity index is 4150. The lowest BCUT2D eigenvalue weighted by molar-refractivity contribution is 0.483. The Morgan fingerprint density at radius 3 is 1.79 bits per heavy atom. The van der Waals surface area contributed by atoms with Crippen molar-refractivity contribution < 1.29 is 4.74 Å². The van der Waals surface area contributed by atoms with E-state index in [4.69, 9.17) is 9.72 Å². The zero-order chi connectivity index (χ0) is 52.3. The summed E-state index contributed by atoms with van der Waals surface area (Å²) in [5.41, 5.74) is 13.1. The number of hydrogen-bond donors (Lipinski definition) is 0. The molecule has 0 saturated carbocycles. The number of hydrogen-bond acceptors (Lipinski definition) is 3. The molecule has 12 rings (SSSR count). The van der Waals surface area contributed by atoms with Gasteiger partial charge in [-0.3, -0.25) is 4.57 Å². The first-order chi connectivity index (χ1) is 35.7. The van der Waals surface area contributed by atoms with Crippen LogP contribution in [0.4, 0.5) is 11.4 Å². The SMILES string of the molecule is CC(C)(C)c1cc(-c2cccc3c4cc(C(C)(C)C)ccc4c4ccccc4c4cccc5c4n(c23)CN5c2cccc(Oc3ccc4c5ccccc5n(-c5cc(C(C)(C)C)ccn5)c4c3)c2)cc([Si](C)(C)C)c1. The fraction of sp³-hybridized carbons (Fsp3) is 0.232. The van der Waals surface area contributed by atoms with Crippen molar-refractivity contribution in [3.8, 4) is 28.4 Å². The van der Waals surface area contributed by atoms with E-state index in [1.165, 1.54) is 81.7 Å². The molecule has 1 aliphatic heterocycles. The van der Waals surface area contributed by atoms with Gasteiger partial charge in [-0.25, -0.2) is 4.98 Å². The molecule has 11 aromatic rings. The van der Waals surface area contributed by atoms with E-state index in [9.17, 15) is 0 Å². The van der Waals surface area contributed by atoms with Crippen molar-refractivity contribution in [3.63, 3.8) is 0 Å². The van der Waals surface area contributed by atoms with E-state index >= 15 is 0 Å². The van der Waals surface area contributed by atoms with E-state index in [0.29, 0.717) is 6.67 Å². The molecule has 75 heavy (non-hydrogen) atoms. The summed E-state index contributed by atoms with van der Waals surface area (Å²) in [4.78, 5) is 7.42. The molecule has 374 valence electrons. The summed E-state index contributed by atoms with van der Waals surface area (Å²) < 4.78 is 11.9. The Morgan fingerprint density at radius 2 is 1.05 bits per heavy atom. The number of nitrogens with zero attached hydrogens (tertiary/aromatic N) is 4. The molecule has 0 aliphatic carbocycles. The molecule has 4 heterocycles. The predicted molar refractivity (Wildman–Crippen MR) is 324 cm³/mol. The van der Waals surface area contributed by atoms with Gasteiger partial charge in [-0.15, -0.1) is 0 Å². The number of pyridine rings is 1. The standard InChI is InChI=1S/C69H68N4OSi/c1-67(2,3)45-30-32-55-53-22-13-14-23-54(53)58-27-19-29-62-66(58)72(65-52(25-18-26-59(65)60(55)39-45)44-36-47(69(7,8)9)38-51(37-44)75(10,11)12)43-71(62)48-20-17-21-49(41-48)74-50-31-33-57-56-24-15-16-28-61(56)73(63(57)42-50)64-40-46(34-35-70-64)68(4,5)6/h13-42H,43H2,1-12H3. The third-order valence-corrected chi connectivity index (χ3v) is 17.7. The lowest BCUT2D eigenvalue weighted by Crippen LogP contribution is -2.38. The maximum absolute atomic E-state index is 6.95. The van der Waals surface area contributed by atoms with Gasteiger partial charge in [-0.2, -0.15) is 0 Å². The molecule has 0 radical (unpaired) electrons. The van der Waals surface area contributed by atoms with Crippen LogP contribution in [0.25, 0.3) is 82.1 Å². The van der Waals surface area contributed by atoms with Gasteiger partial charge < -0.3 is 14.2 Å². The highest BCUT2D eigenvalue weighted by Crippen LogP contribution is 2.46. The van der Waals surface area contributed by atoms with Crippen molar-refractivity contribution >= 4 is 89.8 Å². The molecule has 0 bridgehead atoms. The lowest BCUT2D eigenvalue weighted by Gasteiger charge is -2.26. The Kier molecular flexibility index (Phi) is 11.2. The Hall–Kier alpha value is -7.67. The average molecular weight is 997 g/mol. The number of para-hydroxylation sites is 3. The molecular weight excluding hydrogens is 929 g/mol. The molecule has 5 nitrogen and oxygen atoms in total. The zero-order valence-corrected chi connectivity index (χ0v) is 46.7. The van der Waals surface area contributed by atoms with Crippen LogP contribution in [0.3, 0.4) is 0 Å². The van der Waals surface area contributed by atoms with Gasteiger partial charge >= 0.3 is 0 Å². The van der Waals surface area contributed by atoms with Crippen LogP contribution in [0.5, 0.6) is 11.5 Å². The van der Waals surface area contributed by atoms with Gasteiger partial charge in [0.25, 0.3) is 0 Å². The molecule has 0 saturated heterocycles. The molecule has 3 aromatic heterocycles. The first-order valence-corrected chi connectivity index (χ1v) is 30.2. The second-order valence-corrected chi connectivity index (χ2v) is 30.1. The number of fused-ring (bicyclic) bond motifs is 10. The third-order valence-electron chi connectivity index (χ3n) is 15.7. The number of ether oxygens (including phenoxy) is 1. The summed E-state index contributed by atoms with van der Waals surface area (Å²) in [6.45, 7) is 28.8. The molecule has 6 heteroatoms. The predicted octanol–water partition coefficient (Wildman–Crippen LogP) is 18.7. The summed E-state index contributed by atoms with van der Waals surface area (Å²) in [6, 6.07) is 65.7. The minimum absolute atomic E-state index is 0.0209. The quantitative estimate of drug-likeness (QED) is 0.156. The molecule has 0 amide bonds. The highest BCUT2D eigenvalue weighted by Gasteiger charge is 2.28. The summed E-state index contributed by atoms with van der Waals surface area (Å²) >= 11 is 0. The fourth-order valence-electron chi connectivity index (χ4n) is 11.4. The third kappa shape index (κ3) is 8.44. The highest BCUT2D eigenvalue weighted by molar-refractivity contribution is 6.88. The van der Waals surface area contributed by atoms with Crippen molar-refractivity contribution in [1.29, 1.82) is 0 Å². The first kappa shape index (κ1) is 48.3. The molecule has 8 aromatic carbocycles. The van der Waals surface area contributed by atoms with Gasteiger partial charge in [-0.05, 0) is 115 Å². The molecule has 0 unspecified atom stereocenters. The van der Waals surface area contributed by atoms with E-state index in [1.807, 2.05) is 6.20 Å². The summed E-state index contributed by atoms with van der Waals surface area (Å²) in [7, 11) is -1.75. The van der Waals surface area contributed by atoms with Crippen molar-refractivity contribution in [1.82, 2.24) is 14.1 Å². The van der Waals surface area contributed by atoms with E-state index in [2.05, 4.69) is 272 Å². The Balaban J connectivity index is 1.08. The minimum Gasteiger partial charge on any atom is -0.457 e. The number of rotatable bonds is 6. The second-order valence-electron chi connectivity index (χ2n) is 25.0. The van der Waals surface area contributed by atoms with Gasteiger partial charge in [0.05, 0.1) is 35.8 Å². The summed E-state index contributed by atoms with van der Waals surface area (Å²) in [6.07, 6.45) is 1.93.